The third-order valence-electron chi connectivity index (χ3n) is 5.60. The minimum absolute atomic E-state index is 0.0815. The van der Waals surface area contributed by atoms with Crippen LogP contribution in [0, 0.1) is 11.3 Å². The predicted molar refractivity (Wildman–Crippen MR) is 130 cm³/mol. The number of carbonyl (C=O) groups excluding carboxylic acids is 3. The number of anilines is 2. The van der Waals surface area contributed by atoms with Gasteiger partial charge in [-0.05, 0) is 37.1 Å². The number of carbonyl (C=O) groups is 3. The van der Waals surface area contributed by atoms with Gasteiger partial charge in [0.15, 0.2) is 6.61 Å². The molecule has 2 aliphatic rings. The van der Waals surface area contributed by atoms with E-state index < -0.39 is 18.4 Å². The Labute approximate surface area is 202 Å². The molecule has 174 valence electrons. The normalized spacial score (nSPS) is 14.3. The SMILES string of the molecule is CN1C(=C(C#N)C(=O)COC(=O)c2ccccc2SCC(=O)NC2CC2)N(C)c2ccccc21. The van der Waals surface area contributed by atoms with E-state index in [1.165, 1.54) is 11.8 Å². The Morgan fingerprint density at radius 2 is 1.68 bits per heavy atom. The van der Waals surface area contributed by atoms with Gasteiger partial charge in [0.1, 0.15) is 17.5 Å². The van der Waals surface area contributed by atoms with Gasteiger partial charge >= 0.3 is 5.97 Å². The maximum absolute atomic E-state index is 12.9. The first-order valence-electron chi connectivity index (χ1n) is 10.8. The number of nitrogens with zero attached hydrogens (tertiary/aromatic N) is 3. The summed E-state index contributed by atoms with van der Waals surface area (Å²) in [6, 6.07) is 16.6. The zero-order valence-corrected chi connectivity index (χ0v) is 19.7. The number of rotatable bonds is 8. The predicted octanol–water partition coefficient (Wildman–Crippen LogP) is 3.10. The minimum Gasteiger partial charge on any atom is -0.454 e. The van der Waals surface area contributed by atoms with Gasteiger partial charge in [-0.25, -0.2) is 4.79 Å². The van der Waals surface area contributed by atoms with Gasteiger partial charge in [-0.1, -0.05) is 24.3 Å². The fourth-order valence-corrected chi connectivity index (χ4v) is 4.59. The number of fused-ring (bicyclic) bond motifs is 1. The molecule has 9 heteroatoms. The van der Waals surface area contributed by atoms with Crippen molar-refractivity contribution >= 4 is 40.8 Å². The molecular weight excluding hydrogens is 452 g/mol. The molecule has 0 atom stereocenters. The monoisotopic (exact) mass is 476 g/mol. The molecule has 0 bridgehead atoms. The van der Waals surface area contributed by atoms with E-state index in [0.29, 0.717) is 10.7 Å². The molecule has 1 amide bonds. The number of para-hydroxylation sites is 2. The first kappa shape index (κ1) is 23.4. The second-order valence-corrected chi connectivity index (χ2v) is 9.06. The lowest BCUT2D eigenvalue weighted by molar-refractivity contribution is -0.119. The molecule has 0 saturated heterocycles. The lowest BCUT2D eigenvalue weighted by atomic mass is 10.2. The Hall–Kier alpha value is -3.77. The number of ketones is 1. The van der Waals surface area contributed by atoms with Crippen LogP contribution in [0.5, 0.6) is 0 Å². The van der Waals surface area contributed by atoms with Crippen molar-refractivity contribution in [2.75, 3.05) is 36.3 Å². The molecule has 0 spiro atoms. The zero-order chi connectivity index (χ0) is 24.2. The van der Waals surface area contributed by atoms with Crippen LogP contribution >= 0.6 is 11.8 Å². The third kappa shape index (κ3) is 4.92. The van der Waals surface area contributed by atoms with Crippen LogP contribution in [0.3, 0.4) is 0 Å². The second kappa shape index (κ2) is 10.0. The molecular formula is C25H24N4O4S. The van der Waals surface area contributed by atoms with Crippen LogP contribution in [-0.2, 0) is 14.3 Å². The van der Waals surface area contributed by atoms with Crippen molar-refractivity contribution < 1.29 is 19.1 Å². The molecule has 1 fully saturated rings. The first-order valence-corrected chi connectivity index (χ1v) is 11.8. The van der Waals surface area contributed by atoms with Crippen LogP contribution < -0.4 is 15.1 Å². The Kier molecular flexibility index (Phi) is 6.89. The summed E-state index contributed by atoms with van der Waals surface area (Å²) >= 11 is 1.24. The largest absolute Gasteiger partial charge is 0.454 e. The summed E-state index contributed by atoms with van der Waals surface area (Å²) in [5.41, 5.74) is 1.92. The van der Waals surface area contributed by atoms with Crippen molar-refractivity contribution in [3.05, 3.63) is 65.5 Å². The highest BCUT2D eigenvalue weighted by Gasteiger charge is 2.31. The molecule has 0 unspecified atom stereocenters. The van der Waals surface area contributed by atoms with Crippen molar-refractivity contribution in [3.63, 3.8) is 0 Å². The number of nitriles is 1. The van der Waals surface area contributed by atoms with E-state index >= 15 is 0 Å². The van der Waals surface area contributed by atoms with E-state index in [2.05, 4.69) is 5.32 Å². The van der Waals surface area contributed by atoms with Crippen molar-refractivity contribution in [1.82, 2.24) is 5.32 Å². The molecule has 1 heterocycles. The molecule has 1 aliphatic heterocycles. The van der Waals surface area contributed by atoms with Crippen LogP contribution in [0.4, 0.5) is 11.4 Å². The Balaban J connectivity index is 1.43. The smallest absolute Gasteiger partial charge is 0.339 e. The third-order valence-corrected chi connectivity index (χ3v) is 6.67. The van der Waals surface area contributed by atoms with Gasteiger partial charge in [0.05, 0.1) is 22.7 Å². The molecule has 8 nitrogen and oxygen atoms in total. The molecule has 2 aromatic carbocycles. The summed E-state index contributed by atoms with van der Waals surface area (Å²) in [6.07, 6.45) is 2.01. The van der Waals surface area contributed by atoms with E-state index in [9.17, 15) is 19.6 Å². The van der Waals surface area contributed by atoms with Gasteiger partial charge in [0, 0.05) is 25.0 Å². The van der Waals surface area contributed by atoms with Gasteiger partial charge in [-0.15, -0.1) is 11.8 Å². The van der Waals surface area contributed by atoms with E-state index in [1.807, 2.05) is 30.3 Å². The molecule has 0 aromatic heterocycles. The highest BCUT2D eigenvalue weighted by atomic mass is 32.2. The number of benzene rings is 2. The molecule has 34 heavy (non-hydrogen) atoms. The van der Waals surface area contributed by atoms with Gasteiger partial charge in [-0.3, -0.25) is 9.59 Å². The number of amides is 1. The van der Waals surface area contributed by atoms with Gasteiger partial charge < -0.3 is 19.9 Å². The topological polar surface area (TPSA) is 103 Å². The summed E-state index contributed by atoms with van der Waals surface area (Å²) in [4.78, 5) is 41.7. The van der Waals surface area contributed by atoms with Gasteiger partial charge in [-0.2, -0.15) is 5.26 Å². The standard InChI is InChI=1S/C25H24N4O4S/c1-28-19-8-4-5-9-20(19)29(2)24(28)18(13-26)21(30)14-33-25(32)17-7-3-6-10-22(17)34-15-23(31)27-16-11-12-16/h3-10,16H,11-12,14-15H2,1-2H3,(H,27,31). The number of ether oxygens (including phenoxy) is 1. The Morgan fingerprint density at radius 3 is 2.29 bits per heavy atom. The van der Waals surface area contributed by atoms with E-state index in [-0.39, 0.29) is 28.8 Å². The maximum atomic E-state index is 12.9. The Bertz CT molecular complexity index is 1180. The minimum atomic E-state index is -0.683. The molecule has 2 aromatic rings. The quantitative estimate of drug-likeness (QED) is 0.268. The fourth-order valence-electron chi connectivity index (χ4n) is 3.74. The Morgan fingerprint density at radius 1 is 1.06 bits per heavy atom. The van der Waals surface area contributed by atoms with Gasteiger partial charge in [0.25, 0.3) is 0 Å². The van der Waals surface area contributed by atoms with Crippen molar-refractivity contribution in [1.29, 1.82) is 5.26 Å². The maximum Gasteiger partial charge on any atom is 0.339 e. The van der Waals surface area contributed by atoms with E-state index in [1.54, 1.807) is 48.2 Å². The van der Waals surface area contributed by atoms with Crippen molar-refractivity contribution in [2.45, 2.75) is 23.8 Å². The lowest BCUT2D eigenvalue weighted by Gasteiger charge is -2.19. The number of nitrogens with one attached hydrogen (secondary N) is 1. The van der Waals surface area contributed by atoms with Crippen molar-refractivity contribution in [2.24, 2.45) is 0 Å². The lowest BCUT2D eigenvalue weighted by Crippen LogP contribution is -2.28. The average molecular weight is 477 g/mol. The van der Waals surface area contributed by atoms with Crippen LogP contribution in [-0.4, -0.2) is 50.2 Å². The summed E-state index contributed by atoms with van der Waals surface area (Å²) < 4.78 is 5.28. The number of thioether (sulfide) groups is 1. The summed E-state index contributed by atoms with van der Waals surface area (Å²) in [5, 5.41) is 12.6. The molecule has 1 aliphatic carbocycles. The summed E-state index contributed by atoms with van der Waals surface area (Å²) in [6.45, 7) is -0.565. The number of Topliss-reactive ketones (excluding diaryl/α,β-unsaturated/α-hetero) is 1. The van der Waals surface area contributed by atoms with Crippen LogP contribution in [0.15, 0.2) is 64.8 Å². The fraction of sp³-hybridized carbons (Fsp3) is 0.280. The summed E-state index contributed by atoms with van der Waals surface area (Å²) in [5.74, 6) is -0.739. The highest BCUT2D eigenvalue weighted by Crippen LogP contribution is 2.40. The molecule has 0 radical (unpaired) electrons. The number of esters is 1. The van der Waals surface area contributed by atoms with Gasteiger partial charge in [0.2, 0.25) is 11.7 Å². The number of hydrogen-bond acceptors (Lipinski definition) is 8. The van der Waals surface area contributed by atoms with Crippen LogP contribution in [0.2, 0.25) is 0 Å². The molecule has 4 rings (SSSR count). The van der Waals surface area contributed by atoms with Crippen molar-refractivity contribution in [3.8, 4) is 6.07 Å². The first-order chi connectivity index (χ1) is 16.4. The van der Waals surface area contributed by atoms with Crippen LogP contribution in [0.1, 0.15) is 23.2 Å². The van der Waals surface area contributed by atoms with E-state index in [4.69, 9.17) is 4.74 Å². The number of hydrogen-bond donors (Lipinski definition) is 1. The van der Waals surface area contributed by atoms with Crippen LogP contribution in [0.25, 0.3) is 0 Å². The summed E-state index contributed by atoms with van der Waals surface area (Å²) in [7, 11) is 3.56. The average Bonchev–Trinajstić information content (AvgIpc) is 3.63. The highest BCUT2D eigenvalue weighted by molar-refractivity contribution is 8.00. The second-order valence-electron chi connectivity index (χ2n) is 8.04. The zero-order valence-electron chi connectivity index (χ0n) is 18.9. The molecule has 1 N–H and O–H groups in total. The van der Waals surface area contributed by atoms with E-state index in [0.717, 1.165) is 24.2 Å². The molecule has 1 saturated carbocycles.